The fourth-order valence-corrected chi connectivity index (χ4v) is 7.79. The van der Waals surface area contributed by atoms with Crippen LogP contribution in [0.15, 0.2) is 36.8 Å². The highest BCUT2D eigenvalue weighted by atomic mass is 35.5. The number of hydrogen-bond donors (Lipinski definition) is 2. The lowest BCUT2D eigenvalue weighted by Gasteiger charge is -2.47. The maximum atomic E-state index is 14.1. The highest BCUT2D eigenvalue weighted by Crippen LogP contribution is 2.45. The van der Waals surface area contributed by atoms with E-state index < -0.39 is 11.9 Å². The van der Waals surface area contributed by atoms with Crippen molar-refractivity contribution in [3.63, 3.8) is 0 Å². The Labute approximate surface area is 275 Å². The number of nitrogens with zero attached hydrogens (tertiary/aromatic N) is 4. The highest BCUT2D eigenvalue weighted by molar-refractivity contribution is 6.36. The van der Waals surface area contributed by atoms with Gasteiger partial charge in [-0.1, -0.05) is 23.2 Å². The second-order valence-electron chi connectivity index (χ2n) is 12.1. The molecule has 7 nitrogen and oxygen atoms in total. The molecule has 0 amide bonds. The van der Waals surface area contributed by atoms with Crippen molar-refractivity contribution in [2.75, 3.05) is 31.9 Å². The number of piperidine rings is 2. The zero-order valence-corrected chi connectivity index (χ0v) is 27.6. The standard InChI is InChI=1S/C31H39Cl2FN6O.2ClH/c1-20(28-25(32)2-3-26(34)29(28)33)41-27-16-21(17-37-30(27)35)22-18-38-40(19-22)24-6-14-39(15-7-24)23-4-8-31(9-5-23)10-12-36-13-11-31;;/h2-3,16-20,23-24,36H,4-15H2,1H3,(H2,35,37);2*1H/t20-;;/m1../s1. The Morgan fingerprint density at radius 1 is 1.00 bits per heavy atom. The van der Waals surface area contributed by atoms with E-state index in [2.05, 4.69) is 26.1 Å². The van der Waals surface area contributed by atoms with Crippen molar-refractivity contribution < 1.29 is 9.13 Å². The van der Waals surface area contributed by atoms with Crippen LogP contribution in [-0.4, -0.2) is 51.9 Å². The Hall–Kier alpha value is -1.81. The van der Waals surface area contributed by atoms with E-state index in [4.69, 9.17) is 38.8 Å². The van der Waals surface area contributed by atoms with Crippen molar-refractivity contribution >= 4 is 53.8 Å². The molecule has 2 aromatic heterocycles. The smallest absolute Gasteiger partial charge is 0.166 e. The van der Waals surface area contributed by atoms with Crippen molar-refractivity contribution in [1.29, 1.82) is 0 Å². The minimum absolute atomic E-state index is 0. The summed E-state index contributed by atoms with van der Waals surface area (Å²) < 4.78 is 22.2. The van der Waals surface area contributed by atoms with E-state index in [0.717, 1.165) is 43.1 Å². The first kappa shape index (κ1) is 34.1. The van der Waals surface area contributed by atoms with Gasteiger partial charge in [0.15, 0.2) is 11.6 Å². The lowest BCUT2D eigenvalue weighted by Crippen LogP contribution is -2.47. The maximum absolute atomic E-state index is 14.1. The van der Waals surface area contributed by atoms with Crippen LogP contribution in [0.1, 0.15) is 76.0 Å². The molecule has 1 spiro atoms. The summed E-state index contributed by atoms with van der Waals surface area (Å²) in [4.78, 5) is 7.08. The molecule has 43 heavy (non-hydrogen) atoms. The number of hydrogen-bond acceptors (Lipinski definition) is 6. The number of rotatable bonds is 6. The summed E-state index contributed by atoms with van der Waals surface area (Å²) in [5.74, 6) is 0.0629. The Morgan fingerprint density at radius 3 is 2.40 bits per heavy atom. The third kappa shape index (κ3) is 7.37. The highest BCUT2D eigenvalue weighted by Gasteiger charge is 2.38. The molecule has 0 bridgehead atoms. The third-order valence-electron chi connectivity index (χ3n) is 9.68. The Morgan fingerprint density at radius 2 is 1.70 bits per heavy atom. The van der Waals surface area contributed by atoms with Crippen LogP contribution in [0.25, 0.3) is 11.1 Å². The van der Waals surface area contributed by atoms with Gasteiger partial charge in [-0.25, -0.2) is 9.37 Å². The van der Waals surface area contributed by atoms with Gasteiger partial charge in [0.25, 0.3) is 0 Å². The largest absolute Gasteiger partial charge is 0.482 e. The number of benzene rings is 1. The van der Waals surface area contributed by atoms with Crippen LogP contribution in [0.3, 0.4) is 0 Å². The molecule has 6 rings (SSSR count). The van der Waals surface area contributed by atoms with E-state index in [-0.39, 0.29) is 35.7 Å². The van der Waals surface area contributed by atoms with E-state index in [1.54, 1.807) is 13.1 Å². The molecule has 0 unspecified atom stereocenters. The molecule has 3 fully saturated rings. The summed E-state index contributed by atoms with van der Waals surface area (Å²) >= 11 is 12.5. The van der Waals surface area contributed by atoms with Crippen molar-refractivity contribution in [3.8, 4) is 16.9 Å². The molecule has 4 heterocycles. The molecule has 1 saturated carbocycles. The van der Waals surface area contributed by atoms with E-state index in [1.807, 2.05) is 12.3 Å². The summed E-state index contributed by atoms with van der Waals surface area (Å²) in [6, 6.07) is 5.66. The van der Waals surface area contributed by atoms with E-state index >= 15 is 0 Å². The quantitative estimate of drug-likeness (QED) is 0.259. The summed E-state index contributed by atoms with van der Waals surface area (Å²) in [6.45, 7) is 6.40. The summed E-state index contributed by atoms with van der Waals surface area (Å²) in [5.41, 5.74) is 8.91. The van der Waals surface area contributed by atoms with E-state index in [9.17, 15) is 4.39 Å². The van der Waals surface area contributed by atoms with Gasteiger partial charge in [0, 0.05) is 53.2 Å². The van der Waals surface area contributed by atoms with Crippen molar-refractivity contribution in [2.45, 2.75) is 76.5 Å². The van der Waals surface area contributed by atoms with Crippen LogP contribution in [-0.2, 0) is 0 Å². The summed E-state index contributed by atoms with van der Waals surface area (Å²) in [7, 11) is 0. The Balaban J connectivity index is 0.00000212. The van der Waals surface area contributed by atoms with Gasteiger partial charge >= 0.3 is 0 Å². The second-order valence-corrected chi connectivity index (χ2v) is 12.9. The molecule has 2 aliphatic heterocycles. The molecular weight excluding hydrogens is 633 g/mol. The van der Waals surface area contributed by atoms with Gasteiger partial charge in [-0.15, -0.1) is 24.8 Å². The first-order valence-electron chi connectivity index (χ1n) is 14.9. The molecule has 1 aliphatic carbocycles. The van der Waals surface area contributed by atoms with Gasteiger partial charge in [-0.3, -0.25) is 4.68 Å². The molecule has 0 radical (unpaired) electrons. The molecular formula is C31H41Cl4FN6O. The molecule has 12 heteroatoms. The Bertz CT molecular complexity index is 1370. The number of halogens is 5. The normalized spacial score (nSPS) is 20.3. The molecule has 3 aliphatic rings. The minimum Gasteiger partial charge on any atom is -0.482 e. The first-order chi connectivity index (χ1) is 19.8. The SMILES string of the molecule is C[C@@H](Oc1cc(-c2cnn(C3CCN(C4CCC5(CCNCC5)CC4)CC3)c2)cnc1N)c1c(Cl)ccc(F)c1Cl.Cl.Cl. The predicted molar refractivity (Wildman–Crippen MR) is 176 cm³/mol. The number of aromatic nitrogens is 3. The average molecular weight is 675 g/mol. The number of anilines is 1. The third-order valence-corrected chi connectivity index (χ3v) is 10.4. The summed E-state index contributed by atoms with van der Waals surface area (Å²) in [5, 5.41) is 8.52. The van der Waals surface area contributed by atoms with Gasteiger partial charge < -0.3 is 20.7 Å². The zero-order valence-electron chi connectivity index (χ0n) is 24.4. The van der Waals surface area contributed by atoms with Crippen molar-refractivity contribution in [2.24, 2.45) is 5.41 Å². The maximum Gasteiger partial charge on any atom is 0.166 e. The van der Waals surface area contributed by atoms with Crippen LogP contribution < -0.4 is 15.8 Å². The number of likely N-dealkylation sites (tertiary alicyclic amines) is 1. The molecule has 3 aromatic rings. The molecule has 2 saturated heterocycles. The lowest BCUT2D eigenvalue weighted by molar-refractivity contribution is 0.0476. The predicted octanol–water partition coefficient (Wildman–Crippen LogP) is 7.91. The van der Waals surface area contributed by atoms with Crippen LogP contribution in [0.4, 0.5) is 10.2 Å². The van der Waals surface area contributed by atoms with Crippen molar-refractivity contribution in [3.05, 3.63) is 58.2 Å². The molecule has 1 atom stereocenters. The molecule has 3 N–H and O–H groups in total. The topological polar surface area (TPSA) is 81.2 Å². The minimum atomic E-state index is -0.632. The number of nitrogens with one attached hydrogen (secondary N) is 1. The van der Waals surface area contributed by atoms with Crippen LogP contribution in [0, 0.1) is 11.2 Å². The second kappa shape index (κ2) is 14.5. The van der Waals surface area contributed by atoms with Gasteiger partial charge in [-0.05, 0) is 95.0 Å². The zero-order chi connectivity index (χ0) is 28.6. The lowest BCUT2D eigenvalue weighted by atomic mass is 9.67. The number of nitrogen functional groups attached to an aromatic ring is 1. The van der Waals surface area contributed by atoms with Gasteiger partial charge in [0.1, 0.15) is 11.9 Å². The molecule has 1 aromatic carbocycles. The average Bonchev–Trinajstić information content (AvgIpc) is 3.48. The van der Waals surface area contributed by atoms with Gasteiger partial charge in [0.2, 0.25) is 0 Å². The first-order valence-corrected chi connectivity index (χ1v) is 15.6. The van der Waals surface area contributed by atoms with Gasteiger partial charge in [0.05, 0.1) is 17.3 Å². The van der Waals surface area contributed by atoms with Crippen LogP contribution in [0.5, 0.6) is 5.75 Å². The van der Waals surface area contributed by atoms with E-state index in [0.29, 0.717) is 27.8 Å². The Kier molecular flexibility index (Phi) is 11.5. The van der Waals surface area contributed by atoms with Crippen molar-refractivity contribution in [1.82, 2.24) is 25.0 Å². The van der Waals surface area contributed by atoms with Crippen LogP contribution >= 0.6 is 48.0 Å². The van der Waals surface area contributed by atoms with Gasteiger partial charge in [-0.2, -0.15) is 5.10 Å². The number of nitrogens with two attached hydrogens (primary N) is 1. The number of ether oxygens (including phenoxy) is 1. The molecule has 236 valence electrons. The monoisotopic (exact) mass is 672 g/mol. The fourth-order valence-electron chi connectivity index (χ4n) is 7.11. The van der Waals surface area contributed by atoms with Crippen LogP contribution in [0.2, 0.25) is 10.0 Å². The van der Waals surface area contributed by atoms with E-state index in [1.165, 1.54) is 63.7 Å². The summed E-state index contributed by atoms with van der Waals surface area (Å²) in [6.07, 6.45) is 15.4. The number of pyridine rings is 1. The fraction of sp³-hybridized carbons (Fsp3) is 0.548.